The third-order valence-corrected chi connectivity index (χ3v) is 6.09. The molecule has 4 aliphatic carbocycles. The van der Waals surface area contributed by atoms with Crippen LogP contribution in [0.5, 0.6) is 0 Å². The molecule has 4 heteroatoms. The van der Waals surface area contributed by atoms with Crippen LogP contribution in [0.2, 0.25) is 0 Å². The van der Waals surface area contributed by atoms with Gasteiger partial charge in [0.05, 0.1) is 46.5 Å². The van der Waals surface area contributed by atoms with Gasteiger partial charge in [-0.2, -0.15) is 0 Å². The van der Waals surface area contributed by atoms with Gasteiger partial charge in [-0.05, 0) is 74.8 Å². The Morgan fingerprint density at radius 3 is 1.06 bits per heavy atom. The van der Waals surface area contributed by atoms with Gasteiger partial charge < -0.3 is 0 Å². The minimum atomic E-state index is -0.0777. The molecule has 0 radical (unpaired) electrons. The highest BCUT2D eigenvalue weighted by molar-refractivity contribution is 6.08. The summed E-state index contributed by atoms with van der Waals surface area (Å²) in [6.45, 7) is 13.1. The lowest BCUT2D eigenvalue weighted by molar-refractivity contribution is 0.343. The molecule has 0 atom stereocenters. The van der Waals surface area contributed by atoms with Crippen LogP contribution in [-0.2, 0) is 0 Å². The summed E-state index contributed by atoms with van der Waals surface area (Å²) in [6, 6.07) is 0.0887. The zero-order valence-corrected chi connectivity index (χ0v) is 22.3. The van der Waals surface area contributed by atoms with E-state index in [1.165, 1.54) is 0 Å². The van der Waals surface area contributed by atoms with Crippen molar-refractivity contribution in [2.75, 3.05) is 0 Å². The molecule has 0 N–H and O–H groups in total. The van der Waals surface area contributed by atoms with Crippen molar-refractivity contribution in [1.82, 2.24) is 0 Å². The first-order chi connectivity index (χ1) is 17.0. The second-order valence-corrected chi connectivity index (χ2v) is 11.6. The zero-order chi connectivity index (χ0) is 25.8. The van der Waals surface area contributed by atoms with Crippen molar-refractivity contribution in [3.05, 3.63) is 97.2 Å². The molecule has 186 valence electrons. The predicted octanol–water partition coefficient (Wildman–Crippen LogP) is 6.82. The molecule has 0 aliphatic heterocycles. The maximum absolute atomic E-state index is 4.83. The molecular weight excluding hydrogens is 440 g/mol. The van der Waals surface area contributed by atoms with Crippen LogP contribution in [0.1, 0.15) is 41.5 Å². The molecule has 0 saturated carbocycles. The Morgan fingerprint density at radius 2 is 0.750 bits per heavy atom. The van der Waals surface area contributed by atoms with E-state index >= 15 is 0 Å². The van der Waals surface area contributed by atoms with Crippen molar-refractivity contribution in [2.24, 2.45) is 31.3 Å². The van der Waals surface area contributed by atoms with Crippen molar-refractivity contribution < 1.29 is 0 Å². The van der Waals surface area contributed by atoms with Crippen LogP contribution in [0.15, 0.2) is 117 Å². The molecule has 0 bridgehead atoms. The Hall–Kier alpha value is -3.40. The molecular formula is C32H38N4. The normalized spacial score (nSPS) is 27.2. The average Bonchev–Trinajstić information content (AvgIpc) is 2.82. The van der Waals surface area contributed by atoms with Crippen LogP contribution in [0.25, 0.3) is 0 Å². The molecule has 0 spiro atoms. The SMILES string of the molecule is CC(C)(C)N=C1C=CC(N=C2C=CC(N=C3C=CC(N=C4C=CC(C(C)(C)C)C=C4)C=C3)C=C2)C=C1. The number of hydrogen-bond acceptors (Lipinski definition) is 4. The highest BCUT2D eigenvalue weighted by atomic mass is 14.8. The highest BCUT2D eigenvalue weighted by Gasteiger charge is 2.21. The molecule has 0 aromatic carbocycles. The van der Waals surface area contributed by atoms with E-state index in [1.807, 2.05) is 24.3 Å². The smallest absolute Gasteiger partial charge is 0.0875 e. The van der Waals surface area contributed by atoms with E-state index in [1.54, 1.807) is 0 Å². The summed E-state index contributed by atoms with van der Waals surface area (Å²) in [5, 5.41) is 0. The summed E-state index contributed by atoms with van der Waals surface area (Å²) < 4.78 is 0. The van der Waals surface area contributed by atoms with Crippen LogP contribution in [0, 0.1) is 11.3 Å². The molecule has 0 unspecified atom stereocenters. The summed E-state index contributed by atoms with van der Waals surface area (Å²) >= 11 is 0. The highest BCUT2D eigenvalue weighted by Crippen LogP contribution is 2.30. The third-order valence-electron chi connectivity index (χ3n) is 6.09. The largest absolute Gasteiger partial charge is 0.280 e. The lowest BCUT2D eigenvalue weighted by Gasteiger charge is -2.27. The van der Waals surface area contributed by atoms with E-state index in [0.717, 1.165) is 22.8 Å². The number of rotatable bonds is 3. The molecule has 36 heavy (non-hydrogen) atoms. The molecule has 0 saturated heterocycles. The van der Waals surface area contributed by atoms with E-state index in [0.29, 0.717) is 5.92 Å². The van der Waals surface area contributed by atoms with E-state index in [-0.39, 0.29) is 29.1 Å². The minimum Gasteiger partial charge on any atom is -0.280 e. The van der Waals surface area contributed by atoms with Crippen molar-refractivity contribution in [2.45, 2.75) is 65.2 Å². The van der Waals surface area contributed by atoms with Gasteiger partial charge in [-0.3, -0.25) is 20.0 Å². The van der Waals surface area contributed by atoms with Gasteiger partial charge in [-0.15, -0.1) is 0 Å². The first kappa shape index (κ1) is 25.7. The van der Waals surface area contributed by atoms with Gasteiger partial charge in [0, 0.05) is 5.92 Å². The Morgan fingerprint density at radius 1 is 0.444 bits per heavy atom. The first-order valence-electron chi connectivity index (χ1n) is 12.8. The molecule has 0 aromatic rings. The molecule has 4 nitrogen and oxygen atoms in total. The van der Waals surface area contributed by atoms with Gasteiger partial charge in [0.25, 0.3) is 0 Å². The van der Waals surface area contributed by atoms with Crippen LogP contribution in [0.3, 0.4) is 0 Å². The van der Waals surface area contributed by atoms with Crippen LogP contribution < -0.4 is 0 Å². The van der Waals surface area contributed by atoms with Crippen molar-refractivity contribution in [3.63, 3.8) is 0 Å². The maximum Gasteiger partial charge on any atom is 0.0875 e. The van der Waals surface area contributed by atoms with E-state index in [9.17, 15) is 0 Å². The average molecular weight is 479 g/mol. The van der Waals surface area contributed by atoms with Crippen molar-refractivity contribution in [3.8, 4) is 0 Å². The molecule has 0 heterocycles. The van der Waals surface area contributed by atoms with E-state index < -0.39 is 0 Å². The second-order valence-electron chi connectivity index (χ2n) is 11.6. The summed E-state index contributed by atoms with van der Waals surface area (Å²) in [6.07, 6.45) is 33.6. The number of nitrogens with zero attached hydrogens (tertiary/aromatic N) is 4. The van der Waals surface area contributed by atoms with Crippen molar-refractivity contribution >= 4 is 22.8 Å². The monoisotopic (exact) mass is 478 g/mol. The summed E-state index contributed by atoms with van der Waals surface area (Å²) in [7, 11) is 0. The number of hydrogen-bond donors (Lipinski definition) is 0. The Bertz CT molecular complexity index is 1140. The molecule has 4 rings (SSSR count). The van der Waals surface area contributed by atoms with Crippen LogP contribution in [-0.4, -0.2) is 46.5 Å². The topological polar surface area (TPSA) is 49.4 Å². The fraction of sp³-hybridized carbons (Fsp3) is 0.375. The maximum atomic E-state index is 4.83. The van der Waals surface area contributed by atoms with Crippen molar-refractivity contribution in [1.29, 1.82) is 0 Å². The van der Waals surface area contributed by atoms with Gasteiger partial charge >= 0.3 is 0 Å². The lowest BCUT2D eigenvalue weighted by atomic mass is 9.79. The molecule has 0 aromatic heterocycles. The molecule has 0 amide bonds. The van der Waals surface area contributed by atoms with E-state index in [4.69, 9.17) is 15.0 Å². The zero-order valence-electron chi connectivity index (χ0n) is 22.3. The lowest BCUT2D eigenvalue weighted by Crippen LogP contribution is -2.19. The van der Waals surface area contributed by atoms with E-state index in [2.05, 4.69) is 119 Å². The Kier molecular flexibility index (Phi) is 7.63. The van der Waals surface area contributed by atoms with Gasteiger partial charge in [-0.25, -0.2) is 0 Å². The Labute approximate surface area is 216 Å². The van der Waals surface area contributed by atoms with Crippen LogP contribution >= 0.6 is 0 Å². The number of aliphatic imine (C=N–C) groups is 4. The summed E-state index contributed by atoms with van der Waals surface area (Å²) in [4.78, 5) is 19.2. The predicted molar refractivity (Wildman–Crippen MR) is 157 cm³/mol. The van der Waals surface area contributed by atoms with Gasteiger partial charge in [0.15, 0.2) is 0 Å². The van der Waals surface area contributed by atoms with Gasteiger partial charge in [0.1, 0.15) is 0 Å². The first-order valence-corrected chi connectivity index (χ1v) is 12.8. The number of allylic oxidation sites excluding steroid dienone is 10. The fourth-order valence-corrected chi connectivity index (χ4v) is 4.14. The van der Waals surface area contributed by atoms with Gasteiger partial charge in [-0.1, -0.05) is 69.4 Å². The standard InChI is InChI=1S/C32H38N4/c1-31(2,3)23-7-9-24(10-8-23)33-25-11-13-26(14-12-25)34-27-15-17-28(18-16-27)35-29-19-21-30(22-20-29)36-32(4,5)6/h7-23,25,27,29H,1-6H3. The Balaban J connectivity index is 1.31. The summed E-state index contributed by atoms with van der Waals surface area (Å²) in [5.74, 6) is 0.450. The fourth-order valence-electron chi connectivity index (χ4n) is 4.14. The quantitative estimate of drug-likeness (QED) is 0.427. The second kappa shape index (κ2) is 10.7. The minimum absolute atomic E-state index is 0.0117. The van der Waals surface area contributed by atoms with Gasteiger partial charge in [0.2, 0.25) is 0 Å². The molecule has 4 aliphatic rings. The summed E-state index contributed by atoms with van der Waals surface area (Å²) in [5.41, 5.74) is 4.07. The van der Waals surface area contributed by atoms with Crippen LogP contribution in [0.4, 0.5) is 0 Å². The molecule has 0 fully saturated rings. The third kappa shape index (κ3) is 7.55.